The molecule has 0 aliphatic carbocycles. The number of aromatic hydroxyl groups is 1. The number of phenolic OH excluding ortho intramolecular Hbond substituents is 1. The maximum Gasteiger partial charge on any atom is 0.337 e. The molecule has 0 unspecified atom stereocenters. The summed E-state index contributed by atoms with van der Waals surface area (Å²) in [5.41, 5.74) is 1.73. The first kappa shape index (κ1) is 16.6. The van der Waals surface area contributed by atoms with Crippen molar-refractivity contribution < 1.29 is 19.4 Å². The minimum Gasteiger partial charge on any atom is -0.503 e. The van der Waals surface area contributed by atoms with Crippen LogP contribution in [0.1, 0.15) is 18.5 Å². The Morgan fingerprint density at radius 3 is 2.68 bits per heavy atom. The molecule has 2 rings (SSSR count). The van der Waals surface area contributed by atoms with Gasteiger partial charge in [0, 0.05) is 5.70 Å². The Kier molecular flexibility index (Phi) is 4.92. The normalized spacial score (nSPS) is 17.6. The Labute approximate surface area is 141 Å². The third kappa shape index (κ3) is 3.02. The number of ether oxygens (including phenoxy) is 2. The van der Waals surface area contributed by atoms with E-state index in [1.54, 1.807) is 19.1 Å². The highest BCUT2D eigenvalue weighted by atomic mass is 79.9. The first-order valence-corrected chi connectivity index (χ1v) is 7.52. The molecule has 0 fully saturated rings. The van der Waals surface area contributed by atoms with Crippen molar-refractivity contribution in [1.29, 1.82) is 0 Å². The third-order valence-corrected chi connectivity index (χ3v) is 4.10. The molecule has 3 N–H and O–H groups in total. The lowest BCUT2D eigenvalue weighted by atomic mass is 9.95. The largest absolute Gasteiger partial charge is 0.503 e. The molecule has 118 valence electrons. The number of benzene rings is 1. The molecule has 0 saturated carbocycles. The number of methoxy groups -OCH3 is 2. The maximum absolute atomic E-state index is 12.1. The Hall–Kier alpha value is -1.80. The Morgan fingerprint density at radius 2 is 2.09 bits per heavy atom. The van der Waals surface area contributed by atoms with Gasteiger partial charge in [-0.1, -0.05) is 0 Å². The Morgan fingerprint density at radius 1 is 1.41 bits per heavy atom. The van der Waals surface area contributed by atoms with Crippen molar-refractivity contribution in [2.45, 2.75) is 13.0 Å². The molecule has 0 spiro atoms. The minimum absolute atomic E-state index is 0.0110. The molecule has 0 amide bonds. The highest BCUT2D eigenvalue weighted by Gasteiger charge is 2.31. The highest BCUT2D eigenvalue weighted by Crippen LogP contribution is 2.39. The number of halogens is 1. The summed E-state index contributed by atoms with van der Waals surface area (Å²) in [6.07, 6.45) is 0. The fraction of sp³-hybridized carbons (Fsp3) is 0.286. The van der Waals surface area contributed by atoms with Crippen molar-refractivity contribution in [3.8, 4) is 11.5 Å². The van der Waals surface area contributed by atoms with Crippen LogP contribution < -0.4 is 15.4 Å². The van der Waals surface area contributed by atoms with Crippen molar-refractivity contribution >= 4 is 39.2 Å². The van der Waals surface area contributed by atoms with Gasteiger partial charge in [-0.2, -0.15) is 0 Å². The second-order valence-corrected chi connectivity index (χ2v) is 5.88. The van der Waals surface area contributed by atoms with Crippen LogP contribution in [0.2, 0.25) is 0 Å². The summed E-state index contributed by atoms with van der Waals surface area (Å²) in [7, 11) is 2.77. The zero-order chi connectivity index (χ0) is 16.4. The molecule has 0 radical (unpaired) electrons. The summed E-state index contributed by atoms with van der Waals surface area (Å²) in [5.74, 6) is -0.186. The zero-order valence-electron chi connectivity index (χ0n) is 12.2. The second-order valence-electron chi connectivity index (χ2n) is 4.62. The lowest BCUT2D eigenvalue weighted by molar-refractivity contribution is -0.136. The molecule has 8 heteroatoms. The molecular formula is C14H15BrN2O4S. The SMILES string of the molecule is COC(=O)C1=C(C)NC(=S)N[C@@H]1c1cc(Br)c(O)c(OC)c1. The molecule has 1 aromatic carbocycles. The number of hydrogen-bond acceptors (Lipinski definition) is 5. The monoisotopic (exact) mass is 386 g/mol. The molecule has 0 aromatic heterocycles. The van der Waals surface area contributed by atoms with E-state index in [-0.39, 0.29) is 11.5 Å². The number of phenols is 1. The van der Waals surface area contributed by atoms with Gasteiger partial charge in [0.05, 0.1) is 30.3 Å². The lowest BCUT2D eigenvalue weighted by Gasteiger charge is -2.30. The molecule has 6 nitrogen and oxygen atoms in total. The van der Waals surface area contributed by atoms with Gasteiger partial charge >= 0.3 is 5.97 Å². The number of carbonyl (C=O) groups excluding carboxylic acids is 1. The van der Waals surface area contributed by atoms with E-state index in [0.29, 0.717) is 26.4 Å². The van der Waals surface area contributed by atoms with Crippen LogP contribution in [0.5, 0.6) is 11.5 Å². The summed E-state index contributed by atoms with van der Waals surface area (Å²) in [6.45, 7) is 1.75. The van der Waals surface area contributed by atoms with Gasteiger partial charge in [0.2, 0.25) is 0 Å². The van der Waals surface area contributed by atoms with Crippen molar-refractivity contribution in [3.63, 3.8) is 0 Å². The van der Waals surface area contributed by atoms with Crippen molar-refractivity contribution in [1.82, 2.24) is 10.6 Å². The average Bonchev–Trinajstić information content (AvgIpc) is 2.48. The summed E-state index contributed by atoms with van der Waals surface area (Å²) >= 11 is 8.42. The average molecular weight is 387 g/mol. The number of nitrogens with one attached hydrogen (secondary N) is 2. The standard InChI is InChI=1S/C14H15BrN2O4S/c1-6-10(13(19)21-3)11(17-14(22)16-6)7-4-8(15)12(18)9(5-7)20-2/h4-5,11,18H,1-3H3,(H2,16,17,22)/t11-/m1/s1. The van der Waals surface area contributed by atoms with Crippen LogP contribution >= 0.6 is 28.1 Å². The van der Waals surface area contributed by atoms with Crippen LogP contribution in [0.25, 0.3) is 0 Å². The van der Waals surface area contributed by atoms with E-state index in [4.69, 9.17) is 21.7 Å². The van der Waals surface area contributed by atoms with Crippen LogP contribution in [-0.4, -0.2) is 30.4 Å². The van der Waals surface area contributed by atoms with E-state index in [1.165, 1.54) is 14.2 Å². The first-order valence-electron chi connectivity index (χ1n) is 6.32. The summed E-state index contributed by atoms with van der Waals surface area (Å²) in [6, 6.07) is 2.83. The fourth-order valence-corrected chi connectivity index (χ4v) is 2.97. The fourth-order valence-electron chi connectivity index (χ4n) is 2.24. The summed E-state index contributed by atoms with van der Waals surface area (Å²) in [5, 5.41) is 16.2. The molecular weight excluding hydrogens is 372 g/mol. The van der Waals surface area contributed by atoms with Gasteiger partial charge in [-0.15, -0.1) is 0 Å². The smallest absolute Gasteiger partial charge is 0.337 e. The summed E-state index contributed by atoms with van der Waals surface area (Å²) < 4.78 is 10.4. The van der Waals surface area contributed by atoms with E-state index in [2.05, 4.69) is 26.6 Å². The van der Waals surface area contributed by atoms with Crippen LogP contribution in [-0.2, 0) is 9.53 Å². The number of hydrogen-bond donors (Lipinski definition) is 3. The van der Waals surface area contributed by atoms with Crippen LogP contribution in [0, 0.1) is 0 Å². The van der Waals surface area contributed by atoms with Crippen molar-refractivity contribution in [2.75, 3.05) is 14.2 Å². The minimum atomic E-state index is -0.507. The van der Waals surface area contributed by atoms with Crippen LogP contribution in [0.3, 0.4) is 0 Å². The predicted octanol–water partition coefficient (Wildman–Crippen LogP) is 2.13. The van der Waals surface area contributed by atoms with Crippen LogP contribution in [0.15, 0.2) is 27.9 Å². The lowest BCUT2D eigenvalue weighted by Crippen LogP contribution is -2.45. The van der Waals surface area contributed by atoms with Gasteiger partial charge in [-0.25, -0.2) is 4.79 Å². The van der Waals surface area contributed by atoms with Gasteiger partial charge in [0.15, 0.2) is 16.6 Å². The van der Waals surface area contributed by atoms with Crippen molar-refractivity contribution in [3.05, 3.63) is 33.4 Å². The first-order chi connectivity index (χ1) is 10.4. The van der Waals surface area contributed by atoms with E-state index in [1.807, 2.05) is 0 Å². The highest BCUT2D eigenvalue weighted by molar-refractivity contribution is 9.10. The second kappa shape index (κ2) is 6.53. The van der Waals surface area contributed by atoms with Gasteiger partial charge in [-0.3, -0.25) is 0 Å². The Bertz CT molecular complexity index is 675. The molecule has 0 bridgehead atoms. The zero-order valence-corrected chi connectivity index (χ0v) is 14.6. The number of carbonyl (C=O) groups is 1. The predicted molar refractivity (Wildman–Crippen MR) is 88.7 cm³/mol. The molecule has 1 aliphatic rings. The number of thiocarbonyl (C=S) groups is 1. The molecule has 1 aromatic rings. The molecule has 0 saturated heterocycles. The maximum atomic E-state index is 12.1. The van der Waals surface area contributed by atoms with Crippen LogP contribution in [0.4, 0.5) is 0 Å². The third-order valence-electron chi connectivity index (χ3n) is 3.28. The van der Waals surface area contributed by atoms with E-state index in [9.17, 15) is 9.90 Å². The number of rotatable bonds is 3. The molecule has 1 atom stereocenters. The number of esters is 1. The quantitative estimate of drug-likeness (QED) is 0.542. The molecule has 22 heavy (non-hydrogen) atoms. The van der Waals surface area contributed by atoms with E-state index >= 15 is 0 Å². The van der Waals surface area contributed by atoms with Gasteiger partial charge in [0.1, 0.15) is 0 Å². The van der Waals surface area contributed by atoms with Crippen molar-refractivity contribution in [2.24, 2.45) is 0 Å². The van der Waals surface area contributed by atoms with E-state index in [0.717, 1.165) is 0 Å². The molecule has 1 aliphatic heterocycles. The molecule has 1 heterocycles. The van der Waals surface area contributed by atoms with Gasteiger partial charge < -0.3 is 25.2 Å². The van der Waals surface area contributed by atoms with Gasteiger partial charge in [-0.05, 0) is 52.8 Å². The number of allylic oxidation sites excluding steroid dienone is 1. The van der Waals surface area contributed by atoms with E-state index < -0.39 is 12.0 Å². The Balaban J connectivity index is 2.58. The topological polar surface area (TPSA) is 79.8 Å². The van der Waals surface area contributed by atoms with Gasteiger partial charge in [0.25, 0.3) is 0 Å². The summed E-state index contributed by atoms with van der Waals surface area (Å²) in [4.78, 5) is 12.1.